The topological polar surface area (TPSA) is 74.5 Å². The Morgan fingerprint density at radius 1 is 0.943 bits per heavy atom. The second kappa shape index (κ2) is 10.5. The summed E-state index contributed by atoms with van der Waals surface area (Å²) in [5, 5.41) is 2.90. The van der Waals surface area contributed by atoms with Gasteiger partial charge in [-0.3, -0.25) is 14.7 Å². The number of aromatic nitrogens is 2. The molecule has 7 nitrogen and oxygen atoms in total. The number of hydrogen-bond donors (Lipinski definition) is 1. The number of rotatable bonds is 7. The van der Waals surface area contributed by atoms with E-state index in [-0.39, 0.29) is 5.91 Å². The molecular formula is C28H29N5O2. The van der Waals surface area contributed by atoms with E-state index in [0.29, 0.717) is 18.0 Å². The highest BCUT2D eigenvalue weighted by atomic mass is 16.4. The third-order valence-corrected chi connectivity index (χ3v) is 6.31. The number of benzene rings is 2. The summed E-state index contributed by atoms with van der Waals surface area (Å²) in [4.78, 5) is 26.3. The standard InChI is InChI=1S/C28H29N5O2/c1-21-26(20-32-15-17-33(18-16-32)25-8-3-2-4-9-25)31-28(35-21)23-12-10-22(11-13-23)27(34)30-19-24-7-5-6-14-29-24/h2-14H,15-20H2,1H3,(H,30,34). The van der Waals surface area contributed by atoms with Gasteiger partial charge in [-0.1, -0.05) is 24.3 Å². The van der Waals surface area contributed by atoms with Crippen LogP contribution in [0.1, 0.15) is 27.5 Å². The molecule has 178 valence electrons. The third kappa shape index (κ3) is 5.58. The lowest BCUT2D eigenvalue weighted by Gasteiger charge is -2.35. The van der Waals surface area contributed by atoms with Crippen LogP contribution in [0.5, 0.6) is 0 Å². The molecule has 1 aliphatic heterocycles. The lowest BCUT2D eigenvalue weighted by Crippen LogP contribution is -2.46. The number of nitrogens with one attached hydrogen (secondary N) is 1. The number of pyridine rings is 1. The molecule has 4 aromatic rings. The third-order valence-electron chi connectivity index (χ3n) is 6.31. The molecule has 2 aromatic carbocycles. The van der Waals surface area contributed by atoms with Crippen LogP contribution in [0.4, 0.5) is 5.69 Å². The summed E-state index contributed by atoms with van der Waals surface area (Å²) in [5.74, 6) is 1.28. The first kappa shape index (κ1) is 22.8. The van der Waals surface area contributed by atoms with Crippen LogP contribution in [0.15, 0.2) is 83.4 Å². The molecule has 1 aliphatic rings. The van der Waals surface area contributed by atoms with Gasteiger partial charge < -0.3 is 14.6 Å². The molecule has 0 aliphatic carbocycles. The number of aryl methyl sites for hydroxylation is 1. The van der Waals surface area contributed by atoms with Crippen LogP contribution in [-0.2, 0) is 13.1 Å². The van der Waals surface area contributed by atoms with E-state index in [1.807, 2.05) is 37.3 Å². The summed E-state index contributed by atoms with van der Waals surface area (Å²) in [5.41, 5.74) is 4.51. The maximum atomic E-state index is 12.5. The SMILES string of the molecule is Cc1oc(-c2ccc(C(=O)NCc3ccccn3)cc2)nc1CN1CCN(c2ccccc2)CC1. The zero-order chi connectivity index (χ0) is 24.0. The van der Waals surface area contributed by atoms with Gasteiger partial charge in [0.2, 0.25) is 5.89 Å². The molecule has 1 N–H and O–H groups in total. The van der Waals surface area contributed by atoms with Crippen molar-refractivity contribution in [2.75, 3.05) is 31.1 Å². The van der Waals surface area contributed by atoms with Gasteiger partial charge in [-0.25, -0.2) is 4.98 Å². The largest absolute Gasteiger partial charge is 0.441 e. The molecule has 7 heteroatoms. The Kier molecular flexibility index (Phi) is 6.86. The van der Waals surface area contributed by atoms with Crippen molar-refractivity contribution in [3.8, 4) is 11.5 Å². The molecule has 0 radical (unpaired) electrons. The fourth-order valence-corrected chi connectivity index (χ4v) is 4.25. The zero-order valence-electron chi connectivity index (χ0n) is 19.9. The number of hydrogen-bond acceptors (Lipinski definition) is 6. The van der Waals surface area contributed by atoms with Crippen molar-refractivity contribution in [3.05, 3.63) is 102 Å². The highest BCUT2D eigenvalue weighted by Crippen LogP contribution is 2.24. The number of oxazole rings is 1. The van der Waals surface area contributed by atoms with Crippen molar-refractivity contribution in [1.29, 1.82) is 0 Å². The van der Waals surface area contributed by atoms with E-state index in [1.165, 1.54) is 5.69 Å². The normalized spacial score (nSPS) is 14.1. The Morgan fingerprint density at radius 2 is 1.69 bits per heavy atom. The van der Waals surface area contributed by atoms with Gasteiger partial charge in [-0.05, 0) is 55.5 Å². The number of carbonyl (C=O) groups is 1. The van der Waals surface area contributed by atoms with Crippen molar-refractivity contribution in [2.45, 2.75) is 20.0 Å². The monoisotopic (exact) mass is 467 g/mol. The lowest BCUT2D eigenvalue weighted by atomic mass is 10.1. The van der Waals surface area contributed by atoms with Crippen molar-refractivity contribution in [2.24, 2.45) is 0 Å². The van der Waals surface area contributed by atoms with Crippen LogP contribution in [-0.4, -0.2) is 47.0 Å². The van der Waals surface area contributed by atoms with Crippen LogP contribution < -0.4 is 10.2 Å². The van der Waals surface area contributed by atoms with Gasteiger partial charge in [-0.2, -0.15) is 0 Å². The van der Waals surface area contributed by atoms with Crippen LogP contribution in [0.2, 0.25) is 0 Å². The molecule has 1 fully saturated rings. The number of carbonyl (C=O) groups excluding carboxylic acids is 1. The number of amides is 1. The first-order chi connectivity index (χ1) is 17.2. The summed E-state index contributed by atoms with van der Waals surface area (Å²) >= 11 is 0. The lowest BCUT2D eigenvalue weighted by molar-refractivity contribution is 0.0950. The van der Waals surface area contributed by atoms with Gasteiger partial charge in [0.25, 0.3) is 5.91 Å². The van der Waals surface area contributed by atoms with Gasteiger partial charge in [0.05, 0.1) is 17.9 Å². The second-order valence-corrected chi connectivity index (χ2v) is 8.70. The molecule has 3 heterocycles. The molecular weight excluding hydrogens is 438 g/mol. The van der Waals surface area contributed by atoms with Crippen LogP contribution >= 0.6 is 0 Å². The minimum atomic E-state index is -0.138. The van der Waals surface area contributed by atoms with E-state index in [4.69, 9.17) is 9.40 Å². The molecule has 35 heavy (non-hydrogen) atoms. The van der Waals surface area contributed by atoms with Gasteiger partial charge in [0.1, 0.15) is 5.76 Å². The zero-order valence-corrected chi connectivity index (χ0v) is 19.9. The first-order valence-corrected chi connectivity index (χ1v) is 11.9. The molecule has 0 spiro atoms. The molecule has 0 bridgehead atoms. The Morgan fingerprint density at radius 3 is 2.40 bits per heavy atom. The van der Waals surface area contributed by atoms with Crippen LogP contribution in [0.3, 0.4) is 0 Å². The summed E-state index contributed by atoms with van der Waals surface area (Å²) < 4.78 is 5.98. The molecule has 0 atom stereocenters. The average Bonchev–Trinajstić information content (AvgIpc) is 3.28. The van der Waals surface area contributed by atoms with Gasteiger partial charge in [0.15, 0.2) is 0 Å². The Labute approximate surface area is 205 Å². The predicted molar refractivity (Wildman–Crippen MR) is 136 cm³/mol. The van der Waals surface area contributed by atoms with E-state index in [9.17, 15) is 4.79 Å². The van der Waals surface area contributed by atoms with E-state index >= 15 is 0 Å². The van der Waals surface area contributed by atoms with Gasteiger partial charge >= 0.3 is 0 Å². The van der Waals surface area contributed by atoms with E-state index < -0.39 is 0 Å². The highest BCUT2D eigenvalue weighted by molar-refractivity contribution is 5.94. The Hall–Kier alpha value is -3.97. The number of para-hydroxylation sites is 1. The fourth-order valence-electron chi connectivity index (χ4n) is 4.25. The van der Waals surface area contributed by atoms with Crippen LogP contribution in [0.25, 0.3) is 11.5 Å². The molecule has 0 saturated carbocycles. The van der Waals surface area contributed by atoms with Crippen molar-refractivity contribution >= 4 is 11.6 Å². The van der Waals surface area contributed by atoms with Crippen molar-refractivity contribution in [1.82, 2.24) is 20.2 Å². The molecule has 1 saturated heterocycles. The Balaban J connectivity index is 1.17. The van der Waals surface area contributed by atoms with Gasteiger partial charge in [-0.15, -0.1) is 0 Å². The summed E-state index contributed by atoms with van der Waals surface area (Å²) in [6, 6.07) is 23.5. The number of piperazine rings is 1. The minimum Gasteiger partial charge on any atom is -0.441 e. The van der Waals surface area contributed by atoms with E-state index in [2.05, 4.69) is 50.4 Å². The summed E-state index contributed by atoms with van der Waals surface area (Å²) in [6.07, 6.45) is 1.72. The number of nitrogens with zero attached hydrogens (tertiary/aromatic N) is 4. The van der Waals surface area contributed by atoms with E-state index in [1.54, 1.807) is 18.3 Å². The fraction of sp³-hybridized carbons (Fsp3) is 0.250. The molecule has 5 rings (SSSR count). The summed E-state index contributed by atoms with van der Waals surface area (Å²) in [7, 11) is 0. The predicted octanol–water partition coefficient (Wildman–Crippen LogP) is 4.30. The molecule has 1 amide bonds. The van der Waals surface area contributed by atoms with Crippen LogP contribution in [0, 0.1) is 6.92 Å². The second-order valence-electron chi connectivity index (χ2n) is 8.70. The average molecular weight is 468 g/mol. The molecule has 2 aromatic heterocycles. The summed E-state index contributed by atoms with van der Waals surface area (Å²) in [6.45, 7) is 7.09. The highest BCUT2D eigenvalue weighted by Gasteiger charge is 2.20. The minimum absolute atomic E-state index is 0.138. The first-order valence-electron chi connectivity index (χ1n) is 11.9. The van der Waals surface area contributed by atoms with Crippen molar-refractivity contribution < 1.29 is 9.21 Å². The quantitative estimate of drug-likeness (QED) is 0.437. The van der Waals surface area contributed by atoms with Gasteiger partial charge in [0, 0.05) is 55.7 Å². The van der Waals surface area contributed by atoms with Crippen molar-refractivity contribution in [3.63, 3.8) is 0 Å². The maximum absolute atomic E-state index is 12.5. The molecule has 0 unspecified atom stereocenters. The maximum Gasteiger partial charge on any atom is 0.251 e. The van der Waals surface area contributed by atoms with E-state index in [0.717, 1.165) is 55.4 Å². The Bertz CT molecular complexity index is 1250. The number of anilines is 1. The smallest absolute Gasteiger partial charge is 0.251 e.